The minimum atomic E-state index is -0.129. The van der Waals surface area contributed by atoms with Crippen LogP contribution < -0.4 is 16.6 Å². The summed E-state index contributed by atoms with van der Waals surface area (Å²) in [6.07, 6.45) is 7.75. The molecule has 4 N–H and O–H groups in total. The number of aromatic nitrogens is 1. The third-order valence-electron chi connectivity index (χ3n) is 3.32. The Kier molecular flexibility index (Phi) is 6.89. The Hall–Kier alpha value is -1.62. The maximum Gasteiger partial charge on any atom is 0.255 e. The average molecular weight is 264 g/mol. The van der Waals surface area contributed by atoms with Gasteiger partial charge in [-0.25, -0.2) is 0 Å². The molecule has 0 aliphatic rings. The number of hydrogen-bond donors (Lipinski definition) is 3. The van der Waals surface area contributed by atoms with Crippen molar-refractivity contribution in [1.29, 1.82) is 0 Å². The predicted octanol–water partition coefficient (Wildman–Crippen LogP) is 2.31. The molecule has 5 nitrogen and oxygen atoms in total. The Morgan fingerprint density at radius 3 is 2.89 bits per heavy atom. The molecule has 0 spiro atoms. The number of nitrogen functional groups attached to an aromatic ring is 1. The van der Waals surface area contributed by atoms with Gasteiger partial charge < -0.3 is 10.7 Å². The first-order valence-corrected chi connectivity index (χ1v) is 6.91. The lowest BCUT2D eigenvalue weighted by Crippen LogP contribution is -2.30. The number of unbranched alkanes of at least 4 members (excludes halogenated alkanes) is 1. The zero-order valence-corrected chi connectivity index (χ0v) is 11.8. The Balaban J connectivity index is 2.54. The average Bonchev–Trinajstić information content (AvgIpc) is 2.47. The monoisotopic (exact) mass is 264 g/mol. The van der Waals surface area contributed by atoms with E-state index in [-0.39, 0.29) is 5.91 Å². The molecule has 0 fully saturated rings. The van der Waals surface area contributed by atoms with E-state index < -0.39 is 0 Å². The summed E-state index contributed by atoms with van der Waals surface area (Å²) in [4.78, 5) is 16.0. The summed E-state index contributed by atoms with van der Waals surface area (Å²) >= 11 is 0. The Bertz CT molecular complexity index is 395. The summed E-state index contributed by atoms with van der Waals surface area (Å²) < 4.78 is 0. The number of nitrogens with two attached hydrogens (primary N) is 1. The minimum absolute atomic E-state index is 0.129. The summed E-state index contributed by atoms with van der Waals surface area (Å²) in [7, 11) is 0. The lowest BCUT2D eigenvalue weighted by molar-refractivity contribution is 0.0946. The highest BCUT2D eigenvalue weighted by Gasteiger charge is 2.13. The zero-order valence-electron chi connectivity index (χ0n) is 11.8. The van der Waals surface area contributed by atoms with Gasteiger partial charge in [0.1, 0.15) is 0 Å². The molecule has 0 aromatic carbocycles. The molecule has 0 saturated heterocycles. The van der Waals surface area contributed by atoms with Crippen molar-refractivity contribution in [2.24, 2.45) is 11.8 Å². The van der Waals surface area contributed by atoms with Gasteiger partial charge in [0.2, 0.25) is 0 Å². The number of hydrogen-bond acceptors (Lipinski definition) is 4. The summed E-state index contributed by atoms with van der Waals surface area (Å²) in [5.74, 6) is 5.79. The molecule has 0 saturated carbocycles. The van der Waals surface area contributed by atoms with Crippen molar-refractivity contribution >= 4 is 11.6 Å². The zero-order chi connectivity index (χ0) is 14.1. The number of hydrazine groups is 1. The number of rotatable bonds is 8. The molecular weight excluding hydrogens is 240 g/mol. The third-order valence-corrected chi connectivity index (χ3v) is 3.32. The largest absolute Gasteiger partial charge is 0.352 e. The fourth-order valence-electron chi connectivity index (χ4n) is 1.98. The van der Waals surface area contributed by atoms with Crippen molar-refractivity contribution in [2.75, 3.05) is 12.0 Å². The lowest BCUT2D eigenvalue weighted by Gasteiger charge is -2.16. The molecule has 0 bridgehead atoms. The van der Waals surface area contributed by atoms with Gasteiger partial charge in [0, 0.05) is 18.9 Å². The summed E-state index contributed by atoms with van der Waals surface area (Å²) in [6, 6.07) is 1.68. The van der Waals surface area contributed by atoms with Crippen molar-refractivity contribution < 1.29 is 4.79 Å². The quantitative estimate of drug-likeness (QED) is 0.497. The van der Waals surface area contributed by atoms with Crippen molar-refractivity contribution in [1.82, 2.24) is 10.3 Å². The Morgan fingerprint density at radius 1 is 1.47 bits per heavy atom. The second-order valence-corrected chi connectivity index (χ2v) is 4.69. The van der Waals surface area contributed by atoms with Crippen LogP contribution in [0.3, 0.4) is 0 Å². The summed E-state index contributed by atoms with van der Waals surface area (Å²) in [6.45, 7) is 5.04. The second-order valence-electron chi connectivity index (χ2n) is 4.69. The lowest BCUT2D eigenvalue weighted by atomic mass is 9.99. The van der Waals surface area contributed by atoms with Gasteiger partial charge in [-0.3, -0.25) is 15.6 Å². The minimum Gasteiger partial charge on any atom is -0.352 e. The van der Waals surface area contributed by atoms with E-state index in [1.54, 1.807) is 12.3 Å². The van der Waals surface area contributed by atoms with Gasteiger partial charge in [0.25, 0.3) is 5.91 Å². The fourth-order valence-corrected chi connectivity index (χ4v) is 1.98. The molecule has 1 heterocycles. The van der Waals surface area contributed by atoms with Gasteiger partial charge in [0.15, 0.2) is 0 Å². The van der Waals surface area contributed by atoms with Crippen LogP contribution in [0.4, 0.5) is 5.69 Å². The van der Waals surface area contributed by atoms with E-state index in [4.69, 9.17) is 5.84 Å². The second kappa shape index (κ2) is 8.48. The van der Waals surface area contributed by atoms with Gasteiger partial charge in [-0.15, -0.1) is 0 Å². The van der Waals surface area contributed by atoms with Crippen LogP contribution in [-0.2, 0) is 0 Å². The number of anilines is 1. The van der Waals surface area contributed by atoms with Crippen LogP contribution in [0.2, 0.25) is 0 Å². The van der Waals surface area contributed by atoms with Crippen LogP contribution in [-0.4, -0.2) is 17.4 Å². The van der Waals surface area contributed by atoms with Crippen molar-refractivity contribution in [3.63, 3.8) is 0 Å². The third kappa shape index (κ3) is 4.87. The maximum atomic E-state index is 12.1. The predicted molar refractivity (Wildman–Crippen MR) is 77.7 cm³/mol. The molecule has 1 atom stereocenters. The highest BCUT2D eigenvalue weighted by molar-refractivity contribution is 5.99. The van der Waals surface area contributed by atoms with Crippen molar-refractivity contribution in [3.05, 3.63) is 24.0 Å². The van der Waals surface area contributed by atoms with Gasteiger partial charge >= 0.3 is 0 Å². The summed E-state index contributed by atoms with van der Waals surface area (Å²) in [5.41, 5.74) is 3.59. The van der Waals surface area contributed by atoms with Crippen molar-refractivity contribution in [2.45, 2.75) is 39.5 Å². The van der Waals surface area contributed by atoms with E-state index in [0.29, 0.717) is 23.7 Å². The van der Waals surface area contributed by atoms with E-state index in [1.165, 1.54) is 19.0 Å². The maximum absolute atomic E-state index is 12.1. The Labute approximate surface area is 115 Å². The Morgan fingerprint density at radius 2 is 2.26 bits per heavy atom. The molecule has 1 rings (SSSR count). The topological polar surface area (TPSA) is 80.0 Å². The fraction of sp³-hybridized carbons (Fsp3) is 0.571. The first kappa shape index (κ1) is 15.4. The standard InChI is InChI=1S/C14H24N4O/c1-3-5-6-11(4-2)9-17-14(19)12-10-16-8-7-13(12)18-15/h7-8,10-11H,3-6,9,15H2,1-2H3,(H,16,18)(H,17,19). The van der Waals surface area contributed by atoms with Crippen LogP contribution in [0, 0.1) is 5.92 Å². The summed E-state index contributed by atoms with van der Waals surface area (Å²) in [5, 5.41) is 2.96. The molecular formula is C14H24N4O. The van der Waals surface area contributed by atoms with Crippen LogP contribution >= 0.6 is 0 Å². The van der Waals surface area contributed by atoms with Crippen LogP contribution in [0.1, 0.15) is 49.9 Å². The number of nitrogens with zero attached hydrogens (tertiary/aromatic N) is 1. The molecule has 19 heavy (non-hydrogen) atoms. The smallest absolute Gasteiger partial charge is 0.255 e. The molecule has 106 valence electrons. The van der Waals surface area contributed by atoms with E-state index in [1.807, 2.05) is 0 Å². The molecule has 0 radical (unpaired) electrons. The number of carbonyl (C=O) groups excluding carboxylic acids is 1. The highest BCUT2D eigenvalue weighted by Crippen LogP contribution is 2.14. The van der Waals surface area contributed by atoms with Crippen LogP contribution in [0.5, 0.6) is 0 Å². The molecule has 1 amide bonds. The van der Waals surface area contributed by atoms with E-state index in [0.717, 1.165) is 12.8 Å². The van der Waals surface area contributed by atoms with E-state index >= 15 is 0 Å². The van der Waals surface area contributed by atoms with E-state index in [9.17, 15) is 4.79 Å². The molecule has 0 aliphatic carbocycles. The van der Waals surface area contributed by atoms with Gasteiger partial charge in [-0.05, 0) is 18.4 Å². The molecule has 5 heteroatoms. The molecule has 0 aliphatic heterocycles. The van der Waals surface area contributed by atoms with Crippen LogP contribution in [0.25, 0.3) is 0 Å². The molecule has 1 unspecified atom stereocenters. The first-order valence-electron chi connectivity index (χ1n) is 6.91. The highest BCUT2D eigenvalue weighted by atomic mass is 16.1. The normalized spacial score (nSPS) is 11.9. The SMILES string of the molecule is CCCCC(CC)CNC(=O)c1cnccc1NN. The van der Waals surface area contributed by atoms with Gasteiger partial charge in [-0.2, -0.15) is 0 Å². The first-order chi connectivity index (χ1) is 9.22. The number of pyridine rings is 1. The van der Waals surface area contributed by atoms with Gasteiger partial charge in [0.05, 0.1) is 11.3 Å². The molecule has 1 aromatic heterocycles. The number of amides is 1. The van der Waals surface area contributed by atoms with Crippen molar-refractivity contribution in [3.8, 4) is 0 Å². The van der Waals surface area contributed by atoms with E-state index in [2.05, 4.69) is 29.6 Å². The number of carbonyl (C=O) groups is 1. The van der Waals surface area contributed by atoms with Crippen LogP contribution in [0.15, 0.2) is 18.5 Å². The number of nitrogens with one attached hydrogen (secondary N) is 2. The van der Waals surface area contributed by atoms with Gasteiger partial charge in [-0.1, -0.05) is 33.1 Å². The molecule has 1 aromatic rings.